The number of rotatable bonds is 0. The average molecular weight is 195 g/mol. The van der Waals surface area contributed by atoms with Gasteiger partial charge in [-0.15, -0.1) is 5.06 Å². The predicted molar refractivity (Wildman–Crippen MR) is 57.7 cm³/mol. The van der Waals surface area contributed by atoms with Crippen LogP contribution >= 0.6 is 0 Å². The van der Waals surface area contributed by atoms with E-state index in [9.17, 15) is 0 Å². The van der Waals surface area contributed by atoms with Gasteiger partial charge in [-0.3, -0.25) is 0 Å². The maximum atomic E-state index is 5.83. The van der Waals surface area contributed by atoms with Gasteiger partial charge < -0.3 is 4.84 Å². The highest BCUT2D eigenvalue weighted by Crippen LogP contribution is 2.40. The summed E-state index contributed by atoms with van der Waals surface area (Å²) in [6.45, 7) is 4.52. The lowest BCUT2D eigenvalue weighted by Gasteiger charge is -2.28. The first-order valence-corrected chi connectivity index (χ1v) is 5.76. The summed E-state index contributed by atoms with van der Waals surface area (Å²) in [6, 6.07) is 0. The second-order valence-electron chi connectivity index (χ2n) is 4.96. The Bertz CT molecular complexity index is 255. The molecule has 0 bridgehead atoms. The fraction of sp³-hybridized carbons (Fsp3) is 0.833. The minimum atomic E-state index is 0.118. The zero-order valence-corrected chi connectivity index (χ0v) is 9.60. The van der Waals surface area contributed by atoms with Gasteiger partial charge in [-0.25, -0.2) is 0 Å². The molecule has 2 aliphatic rings. The van der Waals surface area contributed by atoms with E-state index in [1.54, 1.807) is 5.57 Å². The Morgan fingerprint density at radius 2 is 1.71 bits per heavy atom. The molecule has 2 rings (SSSR count). The van der Waals surface area contributed by atoms with Crippen molar-refractivity contribution in [3.63, 3.8) is 0 Å². The molecule has 0 aromatic rings. The standard InChI is InChI=1S/C12H21NO/c1-12(2)10-8-6-4-5-7-9-11(10)14-13(12)3/h4-9H2,1-3H3. The molecule has 0 radical (unpaired) electrons. The van der Waals surface area contributed by atoms with Crippen molar-refractivity contribution >= 4 is 0 Å². The fourth-order valence-electron chi connectivity index (χ4n) is 2.45. The van der Waals surface area contributed by atoms with Crippen molar-refractivity contribution in [1.29, 1.82) is 0 Å². The van der Waals surface area contributed by atoms with E-state index in [-0.39, 0.29) is 5.54 Å². The van der Waals surface area contributed by atoms with Crippen molar-refractivity contribution in [3.8, 4) is 0 Å². The summed E-state index contributed by atoms with van der Waals surface area (Å²) in [6.07, 6.45) is 7.75. The number of hydrogen-bond acceptors (Lipinski definition) is 2. The molecule has 0 aromatic heterocycles. The molecule has 1 aliphatic carbocycles. The Kier molecular flexibility index (Phi) is 2.56. The molecule has 2 heteroatoms. The second-order valence-corrected chi connectivity index (χ2v) is 4.96. The molecule has 0 fully saturated rings. The van der Waals surface area contributed by atoms with E-state index in [2.05, 4.69) is 13.8 Å². The molecule has 80 valence electrons. The highest BCUT2D eigenvalue weighted by atomic mass is 16.7. The second kappa shape index (κ2) is 3.58. The van der Waals surface area contributed by atoms with Crippen molar-refractivity contribution in [2.24, 2.45) is 0 Å². The van der Waals surface area contributed by atoms with Crippen molar-refractivity contribution in [1.82, 2.24) is 5.06 Å². The van der Waals surface area contributed by atoms with Crippen LogP contribution in [0.1, 0.15) is 52.4 Å². The Morgan fingerprint density at radius 1 is 1.07 bits per heavy atom. The maximum absolute atomic E-state index is 5.83. The molecule has 0 spiro atoms. The molecule has 14 heavy (non-hydrogen) atoms. The van der Waals surface area contributed by atoms with Crippen LogP contribution in [0.15, 0.2) is 11.3 Å². The first-order valence-electron chi connectivity index (χ1n) is 5.76. The van der Waals surface area contributed by atoms with E-state index in [4.69, 9.17) is 4.84 Å². The van der Waals surface area contributed by atoms with E-state index in [1.165, 1.54) is 37.9 Å². The summed E-state index contributed by atoms with van der Waals surface area (Å²) in [4.78, 5) is 5.83. The topological polar surface area (TPSA) is 12.5 Å². The summed E-state index contributed by atoms with van der Waals surface area (Å²) in [5.74, 6) is 1.26. The van der Waals surface area contributed by atoms with Crippen molar-refractivity contribution in [3.05, 3.63) is 11.3 Å². The van der Waals surface area contributed by atoms with Gasteiger partial charge in [0.25, 0.3) is 0 Å². The van der Waals surface area contributed by atoms with Gasteiger partial charge in [0.2, 0.25) is 0 Å². The maximum Gasteiger partial charge on any atom is 0.125 e. The zero-order chi connectivity index (χ0) is 10.2. The summed E-state index contributed by atoms with van der Waals surface area (Å²) in [7, 11) is 2.05. The van der Waals surface area contributed by atoms with Crippen LogP contribution in [0.3, 0.4) is 0 Å². The minimum Gasteiger partial charge on any atom is -0.410 e. The molecule has 2 nitrogen and oxygen atoms in total. The Labute approximate surface area is 86.9 Å². The molecule has 0 atom stereocenters. The molecule has 0 saturated carbocycles. The van der Waals surface area contributed by atoms with Crippen LogP contribution in [-0.4, -0.2) is 17.6 Å². The van der Waals surface area contributed by atoms with Gasteiger partial charge in [-0.05, 0) is 38.7 Å². The highest BCUT2D eigenvalue weighted by molar-refractivity contribution is 5.25. The Morgan fingerprint density at radius 3 is 2.43 bits per heavy atom. The Balaban J connectivity index is 2.24. The molecular weight excluding hydrogens is 174 g/mol. The normalized spacial score (nSPS) is 27.9. The fourth-order valence-corrected chi connectivity index (χ4v) is 2.45. The van der Waals surface area contributed by atoms with E-state index < -0.39 is 0 Å². The molecule has 0 amide bonds. The van der Waals surface area contributed by atoms with Gasteiger partial charge in [-0.1, -0.05) is 12.8 Å². The monoisotopic (exact) mass is 195 g/mol. The number of likely N-dealkylation sites (N-methyl/N-ethyl adjacent to an activating group) is 1. The third-order valence-electron chi connectivity index (χ3n) is 3.69. The third kappa shape index (κ3) is 1.56. The summed E-state index contributed by atoms with van der Waals surface area (Å²) < 4.78 is 0. The largest absolute Gasteiger partial charge is 0.410 e. The molecule has 0 N–H and O–H groups in total. The minimum absolute atomic E-state index is 0.118. The molecule has 0 saturated heterocycles. The van der Waals surface area contributed by atoms with Crippen LogP contribution in [-0.2, 0) is 4.84 Å². The predicted octanol–water partition coefficient (Wildman–Crippen LogP) is 3.25. The highest BCUT2D eigenvalue weighted by Gasteiger charge is 2.39. The number of hydrogen-bond donors (Lipinski definition) is 0. The van der Waals surface area contributed by atoms with Crippen LogP contribution < -0.4 is 0 Å². The van der Waals surface area contributed by atoms with Gasteiger partial charge in [0.1, 0.15) is 5.76 Å². The molecule has 1 heterocycles. The number of allylic oxidation sites excluding steroid dienone is 1. The molecule has 1 aliphatic heterocycles. The number of nitrogens with zero attached hydrogens (tertiary/aromatic N) is 1. The van der Waals surface area contributed by atoms with E-state index in [0.717, 1.165) is 6.42 Å². The smallest absolute Gasteiger partial charge is 0.125 e. The van der Waals surface area contributed by atoms with Crippen molar-refractivity contribution in [2.75, 3.05) is 7.05 Å². The van der Waals surface area contributed by atoms with Crippen LogP contribution in [0.5, 0.6) is 0 Å². The lowest BCUT2D eigenvalue weighted by atomic mass is 9.87. The summed E-state index contributed by atoms with van der Waals surface area (Å²) >= 11 is 0. The lowest BCUT2D eigenvalue weighted by Crippen LogP contribution is -2.36. The van der Waals surface area contributed by atoms with Gasteiger partial charge >= 0.3 is 0 Å². The molecular formula is C12H21NO. The van der Waals surface area contributed by atoms with Gasteiger partial charge in [0.15, 0.2) is 0 Å². The quantitative estimate of drug-likeness (QED) is 0.588. The van der Waals surface area contributed by atoms with Crippen molar-refractivity contribution < 1.29 is 4.84 Å². The van der Waals surface area contributed by atoms with E-state index in [0.29, 0.717) is 0 Å². The van der Waals surface area contributed by atoms with Crippen LogP contribution in [0.2, 0.25) is 0 Å². The summed E-state index contributed by atoms with van der Waals surface area (Å²) in [5.41, 5.74) is 1.66. The van der Waals surface area contributed by atoms with Crippen LogP contribution in [0.4, 0.5) is 0 Å². The SMILES string of the molecule is CN1OC2=C(CCCCCC2)C1(C)C. The first-order chi connectivity index (χ1) is 6.62. The molecule has 0 unspecified atom stereocenters. The first kappa shape index (κ1) is 10.0. The van der Waals surface area contributed by atoms with Crippen molar-refractivity contribution in [2.45, 2.75) is 57.9 Å². The summed E-state index contributed by atoms with van der Waals surface area (Å²) in [5, 5.41) is 2.02. The third-order valence-corrected chi connectivity index (χ3v) is 3.69. The number of hydroxylamine groups is 2. The zero-order valence-electron chi connectivity index (χ0n) is 9.60. The van der Waals surface area contributed by atoms with Gasteiger partial charge in [0.05, 0.1) is 5.54 Å². The van der Waals surface area contributed by atoms with Crippen LogP contribution in [0.25, 0.3) is 0 Å². The van der Waals surface area contributed by atoms with Gasteiger partial charge in [0, 0.05) is 13.5 Å². The average Bonchev–Trinajstić information content (AvgIpc) is 2.26. The lowest BCUT2D eigenvalue weighted by molar-refractivity contribution is -0.124. The van der Waals surface area contributed by atoms with Gasteiger partial charge in [-0.2, -0.15) is 0 Å². The molecule has 0 aromatic carbocycles. The van der Waals surface area contributed by atoms with E-state index >= 15 is 0 Å². The van der Waals surface area contributed by atoms with E-state index in [1.807, 2.05) is 12.1 Å². The van der Waals surface area contributed by atoms with Crippen LogP contribution in [0, 0.1) is 0 Å². The Hall–Kier alpha value is -0.500.